The number of nitrogens with zero attached hydrogens (tertiary/aromatic N) is 6. The summed E-state index contributed by atoms with van der Waals surface area (Å²) in [5, 5.41) is 11.9. The van der Waals surface area contributed by atoms with E-state index in [1.807, 2.05) is 6.92 Å². The fraction of sp³-hybridized carbons (Fsp3) is 0.400. The van der Waals surface area contributed by atoms with Crippen molar-refractivity contribution in [1.82, 2.24) is 19.9 Å². The fourth-order valence-electron chi connectivity index (χ4n) is 4.48. The van der Waals surface area contributed by atoms with E-state index in [0.717, 1.165) is 31.5 Å². The summed E-state index contributed by atoms with van der Waals surface area (Å²) in [7, 11) is 0. The Kier molecular flexibility index (Phi) is 7.02. The van der Waals surface area contributed by atoms with Crippen LogP contribution in [-0.2, 0) is 6.18 Å². The molecule has 1 aromatic carbocycles. The average Bonchev–Trinajstić information content (AvgIpc) is 2.91. The maximum Gasteiger partial charge on any atom is 0.416 e. The number of ether oxygens (including phenoxy) is 1. The average molecular weight is 530 g/mol. The lowest BCUT2D eigenvalue weighted by atomic mass is 10.0. The zero-order valence-corrected chi connectivity index (χ0v) is 20.5. The van der Waals surface area contributed by atoms with E-state index < -0.39 is 17.8 Å². The SMILES string of the molecule is C[C@H](CO)COc1ccnc(NC(=O)N2c3nc(-c4cccc(C(F)(F)F)c4)ncc3N3CCCC2C3)n1. The van der Waals surface area contributed by atoms with Gasteiger partial charge in [0.25, 0.3) is 0 Å². The molecular weight excluding hydrogens is 503 g/mol. The number of fused-ring (bicyclic) bond motifs is 4. The van der Waals surface area contributed by atoms with E-state index in [-0.39, 0.29) is 48.4 Å². The lowest BCUT2D eigenvalue weighted by Gasteiger charge is -2.45. The minimum Gasteiger partial charge on any atom is -0.477 e. The summed E-state index contributed by atoms with van der Waals surface area (Å²) in [6.07, 6.45) is 0.0731. The van der Waals surface area contributed by atoms with Crippen LogP contribution in [0.25, 0.3) is 11.4 Å². The first kappa shape index (κ1) is 25.6. The van der Waals surface area contributed by atoms with Gasteiger partial charge in [-0.05, 0) is 25.0 Å². The molecule has 200 valence electrons. The Morgan fingerprint density at radius 2 is 2.11 bits per heavy atom. The van der Waals surface area contributed by atoms with Crippen LogP contribution in [0.4, 0.5) is 35.4 Å². The van der Waals surface area contributed by atoms with Crippen molar-refractivity contribution >= 4 is 23.5 Å². The number of carbonyl (C=O) groups is 1. The molecule has 0 spiro atoms. The van der Waals surface area contributed by atoms with E-state index in [0.29, 0.717) is 18.1 Å². The standard InChI is InChI=1S/C25H26F3N7O3/c1-15(13-36)14-38-20-7-8-29-23(31-20)33-24(37)35-18-6-3-9-34(12-18)19-11-30-21(32-22(19)35)16-4-2-5-17(10-16)25(26,27)28/h2,4-5,7-8,10-11,15,18,36H,3,6,9,12-14H2,1H3,(H,29,31,33,37)/t15-,18?/m1/s1. The quantitative estimate of drug-likeness (QED) is 0.493. The van der Waals surface area contributed by atoms with Crippen LogP contribution in [0.15, 0.2) is 42.7 Å². The van der Waals surface area contributed by atoms with E-state index in [1.165, 1.54) is 23.2 Å². The molecule has 13 heteroatoms. The van der Waals surface area contributed by atoms with Gasteiger partial charge < -0.3 is 14.7 Å². The van der Waals surface area contributed by atoms with Crippen molar-refractivity contribution in [1.29, 1.82) is 0 Å². The van der Waals surface area contributed by atoms with Crippen molar-refractivity contribution in [3.8, 4) is 17.3 Å². The first-order valence-electron chi connectivity index (χ1n) is 12.2. The summed E-state index contributed by atoms with van der Waals surface area (Å²) >= 11 is 0. The molecular formula is C25H26F3N7O3. The predicted molar refractivity (Wildman–Crippen MR) is 133 cm³/mol. The third-order valence-corrected chi connectivity index (χ3v) is 6.42. The van der Waals surface area contributed by atoms with E-state index in [4.69, 9.17) is 4.74 Å². The second-order valence-corrected chi connectivity index (χ2v) is 9.34. The molecule has 2 N–H and O–H groups in total. The zero-order chi connectivity index (χ0) is 26.9. The molecule has 2 aliphatic rings. The first-order chi connectivity index (χ1) is 18.2. The zero-order valence-electron chi connectivity index (χ0n) is 20.5. The summed E-state index contributed by atoms with van der Waals surface area (Å²) in [6, 6.07) is 5.61. The first-order valence-corrected chi connectivity index (χ1v) is 12.2. The Labute approximate surface area is 216 Å². The normalized spacial score (nSPS) is 17.6. The molecule has 2 aliphatic heterocycles. The molecule has 0 radical (unpaired) electrons. The number of halogens is 3. The number of aromatic nitrogens is 4. The Hall–Kier alpha value is -4.00. The van der Waals surface area contributed by atoms with Crippen LogP contribution in [0.2, 0.25) is 0 Å². The van der Waals surface area contributed by atoms with Gasteiger partial charge in [-0.3, -0.25) is 10.2 Å². The number of rotatable bonds is 6. The van der Waals surface area contributed by atoms with Gasteiger partial charge >= 0.3 is 12.2 Å². The molecule has 1 saturated heterocycles. The van der Waals surface area contributed by atoms with Crippen LogP contribution in [0.1, 0.15) is 25.3 Å². The van der Waals surface area contributed by atoms with Gasteiger partial charge in [0.1, 0.15) is 0 Å². The molecule has 2 aromatic heterocycles. The molecule has 2 bridgehead atoms. The topological polar surface area (TPSA) is 117 Å². The summed E-state index contributed by atoms with van der Waals surface area (Å²) < 4.78 is 45.4. The van der Waals surface area contributed by atoms with E-state index in [2.05, 4.69) is 30.2 Å². The smallest absolute Gasteiger partial charge is 0.416 e. The van der Waals surface area contributed by atoms with Crippen molar-refractivity contribution < 1.29 is 27.8 Å². The molecule has 38 heavy (non-hydrogen) atoms. The van der Waals surface area contributed by atoms with E-state index in [9.17, 15) is 23.1 Å². The van der Waals surface area contributed by atoms with Crippen LogP contribution in [0.3, 0.4) is 0 Å². The lowest BCUT2D eigenvalue weighted by Crippen LogP contribution is -2.56. The number of urea groups is 1. The van der Waals surface area contributed by atoms with Crippen LogP contribution >= 0.6 is 0 Å². The Balaban J connectivity index is 1.44. The number of anilines is 3. The highest BCUT2D eigenvalue weighted by atomic mass is 19.4. The van der Waals surface area contributed by atoms with Gasteiger partial charge in [0.05, 0.1) is 30.1 Å². The molecule has 1 unspecified atom stereocenters. The number of nitrogens with one attached hydrogen (secondary N) is 1. The Bertz CT molecular complexity index is 1320. The third kappa shape index (κ3) is 5.32. The highest BCUT2D eigenvalue weighted by molar-refractivity contribution is 6.03. The number of carbonyl (C=O) groups excluding carboxylic acids is 1. The summed E-state index contributed by atoms with van der Waals surface area (Å²) in [6.45, 7) is 3.37. The number of aliphatic hydroxyl groups excluding tert-OH is 1. The Morgan fingerprint density at radius 3 is 2.89 bits per heavy atom. The van der Waals surface area contributed by atoms with Crippen LogP contribution in [0, 0.1) is 5.92 Å². The molecule has 0 aliphatic carbocycles. The summed E-state index contributed by atoms with van der Waals surface area (Å²) in [5.74, 6) is 0.570. The lowest BCUT2D eigenvalue weighted by molar-refractivity contribution is -0.137. The third-order valence-electron chi connectivity index (χ3n) is 6.42. The Morgan fingerprint density at radius 1 is 1.26 bits per heavy atom. The second-order valence-electron chi connectivity index (χ2n) is 9.34. The second kappa shape index (κ2) is 10.4. The minimum atomic E-state index is -4.51. The monoisotopic (exact) mass is 529 g/mol. The number of amides is 2. The molecule has 5 rings (SSSR count). The van der Waals surface area contributed by atoms with Crippen molar-refractivity contribution in [2.24, 2.45) is 5.92 Å². The van der Waals surface area contributed by atoms with Gasteiger partial charge in [-0.1, -0.05) is 19.1 Å². The van der Waals surface area contributed by atoms with Crippen molar-refractivity contribution in [3.05, 3.63) is 48.3 Å². The number of piperidine rings is 1. The van der Waals surface area contributed by atoms with Gasteiger partial charge in [0, 0.05) is 43.4 Å². The number of alkyl halides is 3. The van der Waals surface area contributed by atoms with Crippen molar-refractivity contribution in [3.63, 3.8) is 0 Å². The van der Waals surface area contributed by atoms with Crippen molar-refractivity contribution in [2.75, 3.05) is 41.4 Å². The maximum absolute atomic E-state index is 13.5. The molecule has 10 nitrogen and oxygen atoms in total. The fourth-order valence-corrected chi connectivity index (χ4v) is 4.48. The molecule has 3 aromatic rings. The van der Waals surface area contributed by atoms with Gasteiger partial charge in [0.2, 0.25) is 11.8 Å². The van der Waals surface area contributed by atoms with Gasteiger partial charge in [-0.25, -0.2) is 19.7 Å². The highest BCUT2D eigenvalue weighted by Gasteiger charge is 2.39. The summed E-state index contributed by atoms with van der Waals surface area (Å²) in [5.41, 5.74) is 0.0148. The van der Waals surface area contributed by atoms with E-state index in [1.54, 1.807) is 12.3 Å². The van der Waals surface area contributed by atoms with Gasteiger partial charge in [-0.15, -0.1) is 0 Å². The number of hydrogen-bond donors (Lipinski definition) is 2. The van der Waals surface area contributed by atoms with Crippen LogP contribution < -0.4 is 19.9 Å². The van der Waals surface area contributed by atoms with Gasteiger partial charge in [0.15, 0.2) is 11.6 Å². The number of aliphatic hydroxyl groups is 1. The maximum atomic E-state index is 13.5. The molecule has 0 saturated carbocycles. The van der Waals surface area contributed by atoms with Crippen LogP contribution in [-0.4, -0.2) is 63.4 Å². The van der Waals surface area contributed by atoms with Crippen molar-refractivity contribution in [2.45, 2.75) is 32.0 Å². The molecule has 2 amide bonds. The van der Waals surface area contributed by atoms with Gasteiger partial charge in [-0.2, -0.15) is 18.2 Å². The minimum absolute atomic E-state index is 0.0242. The highest BCUT2D eigenvalue weighted by Crippen LogP contribution is 2.39. The van der Waals surface area contributed by atoms with E-state index >= 15 is 0 Å². The predicted octanol–water partition coefficient (Wildman–Crippen LogP) is 3.98. The molecule has 1 fully saturated rings. The summed E-state index contributed by atoms with van der Waals surface area (Å²) in [4.78, 5) is 34.3. The van der Waals surface area contributed by atoms with Crippen LogP contribution in [0.5, 0.6) is 5.88 Å². The largest absolute Gasteiger partial charge is 0.477 e. The number of benzene rings is 1. The molecule has 4 heterocycles. The molecule has 2 atom stereocenters. The number of hydrogen-bond acceptors (Lipinski definition) is 8.